The summed E-state index contributed by atoms with van der Waals surface area (Å²) in [6.07, 6.45) is 0.540. The first-order chi connectivity index (χ1) is 9.35. The van der Waals surface area contributed by atoms with E-state index in [1.165, 1.54) is 12.1 Å². The lowest BCUT2D eigenvalue weighted by Gasteiger charge is -2.23. The van der Waals surface area contributed by atoms with Gasteiger partial charge in [0.25, 0.3) is 5.69 Å². The van der Waals surface area contributed by atoms with Crippen LogP contribution in [-0.4, -0.2) is 35.9 Å². The quantitative estimate of drug-likeness (QED) is 0.557. The number of ether oxygens (including phenoxy) is 1. The van der Waals surface area contributed by atoms with Gasteiger partial charge in [0, 0.05) is 49.8 Å². The number of hydrogen-bond donors (Lipinski definition) is 2. The fourth-order valence-electron chi connectivity index (χ4n) is 1.67. The molecule has 0 heterocycles. The fraction of sp³-hybridized carbons (Fsp3) is 0.538. The van der Waals surface area contributed by atoms with Crippen LogP contribution in [0.2, 0.25) is 0 Å². The van der Waals surface area contributed by atoms with Crippen molar-refractivity contribution >= 4 is 21.6 Å². The molecule has 0 radical (unpaired) electrons. The molecule has 2 N–H and O–H groups in total. The third kappa shape index (κ3) is 5.54. The first kappa shape index (κ1) is 17.0. The minimum absolute atomic E-state index is 0.0488. The number of nitrogens with one attached hydrogen (secondary N) is 1. The second kappa shape index (κ2) is 7.68. The zero-order chi connectivity index (χ0) is 15.2. The van der Waals surface area contributed by atoms with Crippen LogP contribution in [0.3, 0.4) is 0 Å². The Morgan fingerprint density at radius 3 is 2.80 bits per heavy atom. The monoisotopic (exact) mass is 346 g/mol. The van der Waals surface area contributed by atoms with Crippen LogP contribution in [0, 0.1) is 10.1 Å². The summed E-state index contributed by atoms with van der Waals surface area (Å²) in [5, 5.41) is 23.8. The molecule has 0 saturated carbocycles. The summed E-state index contributed by atoms with van der Waals surface area (Å²) in [5.74, 6) is 0. The van der Waals surface area contributed by atoms with Gasteiger partial charge >= 0.3 is 0 Å². The van der Waals surface area contributed by atoms with Crippen molar-refractivity contribution in [3.63, 3.8) is 0 Å². The Balaban J connectivity index is 2.52. The molecule has 0 aromatic heterocycles. The van der Waals surface area contributed by atoms with E-state index in [1.807, 2.05) is 0 Å². The second-order valence-corrected chi connectivity index (χ2v) is 5.73. The smallest absolute Gasteiger partial charge is 0.270 e. The van der Waals surface area contributed by atoms with E-state index in [0.29, 0.717) is 30.6 Å². The normalized spacial score (nSPS) is 14.0. The van der Waals surface area contributed by atoms with Gasteiger partial charge in [-0.05, 0) is 18.6 Å². The molecule has 0 aliphatic rings. The lowest BCUT2D eigenvalue weighted by molar-refractivity contribution is -0.384. The van der Waals surface area contributed by atoms with Crippen molar-refractivity contribution in [3.8, 4) is 0 Å². The van der Waals surface area contributed by atoms with Crippen LogP contribution in [-0.2, 0) is 11.3 Å². The molecule has 7 heteroatoms. The summed E-state index contributed by atoms with van der Waals surface area (Å²) < 4.78 is 5.61. The van der Waals surface area contributed by atoms with Crippen LogP contribution in [0.5, 0.6) is 0 Å². The lowest BCUT2D eigenvalue weighted by Crippen LogP contribution is -2.38. The Morgan fingerprint density at radius 2 is 2.25 bits per heavy atom. The van der Waals surface area contributed by atoms with E-state index in [-0.39, 0.29) is 5.69 Å². The molecule has 0 spiro atoms. The van der Waals surface area contributed by atoms with Gasteiger partial charge < -0.3 is 15.2 Å². The van der Waals surface area contributed by atoms with Crippen molar-refractivity contribution < 1.29 is 14.8 Å². The van der Waals surface area contributed by atoms with Gasteiger partial charge in [0.15, 0.2) is 0 Å². The topological polar surface area (TPSA) is 84.6 Å². The van der Waals surface area contributed by atoms with E-state index in [0.717, 1.165) is 5.56 Å². The summed E-state index contributed by atoms with van der Waals surface area (Å²) in [5.41, 5.74) is 0.106. The predicted molar refractivity (Wildman–Crippen MR) is 79.6 cm³/mol. The Morgan fingerprint density at radius 1 is 1.55 bits per heavy atom. The van der Waals surface area contributed by atoms with Gasteiger partial charge in [0.2, 0.25) is 0 Å². The van der Waals surface area contributed by atoms with Crippen molar-refractivity contribution in [1.82, 2.24) is 5.32 Å². The molecule has 112 valence electrons. The zero-order valence-corrected chi connectivity index (χ0v) is 13.1. The highest BCUT2D eigenvalue weighted by molar-refractivity contribution is 9.10. The van der Waals surface area contributed by atoms with Gasteiger partial charge in [-0.3, -0.25) is 10.1 Å². The summed E-state index contributed by atoms with van der Waals surface area (Å²) in [4.78, 5) is 10.2. The minimum Gasteiger partial charge on any atom is -0.389 e. The number of non-ortho nitro benzene ring substituents is 1. The summed E-state index contributed by atoms with van der Waals surface area (Å²) in [7, 11) is 1.59. The maximum absolute atomic E-state index is 10.6. The average molecular weight is 347 g/mol. The molecular formula is C13H19BrN2O4. The van der Waals surface area contributed by atoms with Crippen molar-refractivity contribution in [2.75, 3.05) is 20.3 Å². The number of aliphatic hydroxyl groups is 1. The highest BCUT2D eigenvalue weighted by Crippen LogP contribution is 2.23. The van der Waals surface area contributed by atoms with E-state index in [2.05, 4.69) is 21.2 Å². The highest BCUT2D eigenvalue weighted by Gasteiger charge is 2.19. The number of benzene rings is 1. The lowest BCUT2D eigenvalue weighted by atomic mass is 10.0. The van der Waals surface area contributed by atoms with Crippen molar-refractivity contribution in [1.29, 1.82) is 0 Å². The number of nitrogens with zero attached hydrogens (tertiary/aromatic N) is 1. The minimum atomic E-state index is -0.844. The van der Waals surface area contributed by atoms with Gasteiger partial charge in [-0.25, -0.2) is 0 Å². The molecule has 0 saturated heterocycles. The van der Waals surface area contributed by atoms with Gasteiger partial charge in [0.1, 0.15) is 0 Å². The Labute approximate surface area is 126 Å². The molecule has 20 heavy (non-hydrogen) atoms. The summed E-state index contributed by atoms with van der Waals surface area (Å²) in [6, 6.07) is 4.63. The molecular weight excluding hydrogens is 328 g/mol. The first-order valence-electron chi connectivity index (χ1n) is 6.20. The Bertz CT molecular complexity index is 466. The number of halogens is 1. The molecule has 6 nitrogen and oxygen atoms in total. The zero-order valence-electron chi connectivity index (χ0n) is 11.6. The van der Waals surface area contributed by atoms with Crippen molar-refractivity contribution in [2.24, 2.45) is 0 Å². The maximum atomic E-state index is 10.6. The number of hydrogen-bond acceptors (Lipinski definition) is 5. The fourth-order valence-corrected chi connectivity index (χ4v) is 2.18. The maximum Gasteiger partial charge on any atom is 0.270 e. The SMILES string of the molecule is COCCC(C)(O)CNCc1ccc([N+](=O)[O-])cc1Br. The number of nitro groups is 1. The first-order valence-corrected chi connectivity index (χ1v) is 7.00. The van der Waals surface area contributed by atoms with E-state index >= 15 is 0 Å². The largest absolute Gasteiger partial charge is 0.389 e. The highest BCUT2D eigenvalue weighted by atomic mass is 79.9. The predicted octanol–water partition coefficient (Wildman–Crippen LogP) is 2.23. The van der Waals surface area contributed by atoms with E-state index in [9.17, 15) is 15.2 Å². The third-order valence-corrected chi connectivity index (χ3v) is 3.65. The average Bonchev–Trinajstić information content (AvgIpc) is 2.38. The van der Waals surface area contributed by atoms with Crippen LogP contribution in [0.4, 0.5) is 5.69 Å². The molecule has 0 amide bonds. The number of methoxy groups -OCH3 is 1. The van der Waals surface area contributed by atoms with Gasteiger partial charge in [0.05, 0.1) is 10.5 Å². The molecule has 0 aliphatic heterocycles. The van der Waals surface area contributed by atoms with E-state index in [4.69, 9.17) is 4.74 Å². The van der Waals surface area contributed by atoms with E-state index < -0.39 is 10.5 Å². The second-order valence-electron chi connectivity index (χ2n) is 4.88. The van der Waals surface area contributed by atoms with Gasteiger partial charge in [-0.1, -0.05) is 15.9 Å². The van der Waals surface area contributed by atoms with Crippen LogP contribution in [0.15, 0.2) is 22.7 Å². The summed E-state index contributed by atoms with van der Waals surface area (Å²) >= 11 is 3.31. The molecule has 0 fully saturated rings. The van der Waals surface area contributed by atoms with Crippen molar-refractivity contribution in [3.05, 3.63) is 38.3 Å². The molecule has 1 aromatic carbocycles. The molecule has 0 aliphatic carbocycles. The number of rotatable bonds is 8. The van der Waals surface area contributed by atoms with Gasteiger partial charge in [-0.2, -0.15) is 0 Å². The van der Waals surface area contributed by atoms with Crippen LogP contribution in [0.1, 0.15) is 18.9 Å². The standard InChI is InChI=1S/C13H19BrN2O4/c1-13(17,5-6-20-2)9-15-8-10-3-4-11(16(18)19)7-12(10)14/h3-4,7,15,17H,5-6,8-9H2,1-2H3. The third-order valence-electron chi connectivity index (χ3n) is 2.91. The van der Waals surface area contributed by atoms with Crippen LogP contribution in [0.25, 0.3) is 0 Å². The van der Waals surface area contributed by atoms with Gasteiger partial charge in [-0.15, -0.1) is 0 Å². The molecule has 1 rings (SSSR count). The number of nitro benzene ring substituents is 1. The molecule has 1 unspecified atom stereocenters. The molecule has 0 bridgehead atoms. The molecule has 1 aromatic rings. The van der Waals surface area contributed by atoms with E-state index in [1.54, 1.807) is 20.1 Å². The Hall–Kier alpha value is -1.02. The molecule has 1 atom stereocenters. The Kier molecular flexibility index (Phi) is 6.54. The van der Waals surface area contributed by atoms with Crippen molar-refractivity contribution in [2.45, 2.75) is 25.5 Å². The van der Waals surface area contributed by atoms with Crippen LogP contribution < -0.4 is 5.32 Å². The van der Waals surface area contributed by atoms with Crippen LogP contribution >= 0.6 is 15.9 Å². The summed E-state index contributed by atoms with van der Waals surface area (Å²) in [6.45, 7) is 3.17.